The van der Waals surface area contributed by atoms with Crippen LogP contribution in [-0.4, -0.2) is 21.9 Å². The molecule has 2 aromatic heterocycles. The molecule has 3 rings (SSSR count). The molecule has 0 fully saturated rings. The normalized spacial score (nSPS) is 10.9. The van der Waals surface area contributed by atoms with Crippen LogP contribution in [0.4, 0.5) is 5.69 Å². The fourth-order valence-electron chi connectivity index (χ4n) is 3.01. The maximum atomic E-state index is 13.0. The second kappa shape index (κ2) is 8.71. The molecule has 0 unspecified atom stereocenters. The summed E-state index contributed by atoms with van der Waals surface area (Å²) >= 11 is 0. The van der Waals surface area contributed by atoms with E-state index in [2.05, 4.69) is 24.1 Å². The highest BCUT2D eigenvalue weighted by Gasteiger charge is 2.19. The summed E-state index contributed by atoms with van der Waals surface area (Å²) in [5.41, 5.74) is 4.08. The van der Waals surface area contributed by atoms with Gasteiger partial charge in [-0.2, -0.15) is 0 Å². The number of ether oxygens (including phenoxy) is 1. The molecule has 1 aromatic carbocycles. The minimum absolute atomic E-state index is 0.142. The Hall–Kier alpha value is -2.82. The van der Waals surface area contributed by atoms with Crippen LogP contribution in [-0.2, 0) is 6.42 Å². The SMILES string of the molecule is CCCCOc1ccc(NC(=O)c2c(CCC)nc3ccc(C)cn23)cc1. The molecule has 0 saturated carbocycles. The van der Waals surface area contributed by atoms with E-state index in [-0.39, 0.29) is 5.91 Å². The summed E-state index contributed by atoms with van der Waals surface area (Å²) in [7, 11) is 0. The summed E-state index contributed by atoms with van der Waals surface area (Å²) in [4.78, 5) is 17.6. The number of amides is 1. The first kappa shape index (κ1) is 19.0. The third-order valence-electron chi connectivity index (χ3n) is 4.42. The average Bonchev–Trinajstić information content (AvgIpc) is 3.01. The number of nitrogens with one attached hydrogen (secondary N) is 1. The van der Waals surface area contributed by atoms with Crippen LogP contribution < -0.4 is 10.1 Å². The fourth-order valence-corrected chi connectivity index (χ4v) is 3.01. The Balaban J connectivity index is 1.81. The van der Waals surface area contributed by atoms with Crippen LogP contribution in [0.5, 0.6) is 5.75 Å². The molecule has 5 heteroatoms. The second-order valence-electron chi connectivity index (χ2n) is 6.77. The van der Waals surface area contributed by atoms with Crippen molar-refractivity contribution in [2.45, 2.75) is 46.5 Å². The Morgan fingerprint density at radius 2 is 1.89 bits per heavy atom. The van der Waals surface area contributed by atoms with Crippen molar-refractivity contribution in [2.24, 2.45) is 0 Å². The highest BCUT2D eigenvalue weighted by atomic mass is 16.5. The number of hydrogen-bond donors (Lipinski definition) is 1. The van der Waals surface area contributed by atoms with Gasteiger partial charge in [-0.25, -0.2) is 4.98 Å². The number of rotatable bonds is 8. The van der Waals surface area contributed by atoms with Crippen molar-refractivity contribution in [3.63, 3.8) is 0 Å². The summed E-state index contributed by atoms with van der Waals surface area (Å²) in [5, 5.41) is 2.99. The molecule has 0 saturated heterocycles. The lowest BCUT2D eigenvalue weighted by Crippen LogP contribution is -2.16. The van der Waals surface area contributed by atoms with Crippen LogP contribution in [0.3, 0.4) is 0 Å². The second-order valence-corrected chi connectivity index (χ2v) is 6.77. The summed E-state index contributed by atoms with van der Waals surface area (Å²) in [6.07, 6.45) is 5.81. The maximum absolute atomic E-state index is 13.0. The fraction of sp³-hybridized carbons (Fsp3) is 0.364. The highest BCUT2D eigenvalue weighted by molar-refractivity contribution is 6.04. The quantitative estimate of drug-likeness (QED) is 0.570. The van der Waals surface area contributed by atoms with Crippen LogP contribution in [0.1, 0.15) is 54.9 Å². The summed E-state index contributed by atoms with van der Waals surface area (Å²) in [5.74, 6) is 0.676. The van der Waals surface area contributed by atoms with Crippen molar-refractivity contribution < 1.29 is 9.53 Å². The van der Waals surface area contributed by atoms with Gasteiger partial charge in [-0.05, 0) is 55.7 Å². The molecule has 0 aliphatic rings. The van der Waals surface area contributed by atoms with Crippen LogP contribution in [0.15, 0.2) is 42.6 Å². The molecule has 2 heterocycles. The predicted octanol–water partition coefficient (Wildman–Crippen LogP) is 5.03. The molecule has 0 radical (unpaired) electrons. The van der Waals surface area contributed by atoms with Gasteiger partial charge in [-0.1, -0.05) is 32.8 Å². The van der Waals surface area contributed by atoms with Crippen molar-refractivity contribution in [1.29, 1.82) is 0 Å². The lowest BCUT2D eigenvalue weighted by Gasteiger charge is -2.09. The standard InChI is InChI=1S/C22H27N3O2/c1-4-6-14-27-18-11-9-17(10-12-18)23-22(26)21-19(7-5-2)24-20-13-8-16(3)15-25(20)21/h8-13,15H,4-7,14H2,1-3H3,(H,23,26). The first-order valence-electron chi connectivity index (χ1n) is 9.64. The van der Waals surface area contributed by atoms with E-state index in [0.717, 1.165) is 54.0 Å². The van der Waals surface area contributed by atoms with E-state index in [1.165, 1.54) is 0 Å². The van der Waals surface area contributed by atoms with Crippen molar-refractivity contribution in [3.8, 4) is 5.75 Å². The van der Waals surface area contributed by atoms with Gasteiger partial charge in [0.1, 0.15) is 17.1 Å². The number of aryl methyl sites for hydroxylation is 2. The number of aromatic nitrogens is 2. The molecule has 0 aliphatic heterocycles. The third-order valence-corrected chi connectivity index (χ3v) is 4.42. The molecule has 3 aromatic rings. The van der Waals surface area contributed by atoms with E-state index in [4.69, 9.17) is 4.74 Å². The van der Waals surface area contributed by atoms with Crippen LogP contribution in [0, 0.1) is 6.92 Å². The number of hydrogen-bond acceptors (Lipinski definition) is 3. The van der Waals surface area contributed by atoms with E-state index in [0.29, 0.717) is 12.3 Å². The molecule has 0 spiro atoms. The zero-order chi connectivity index (χ0) is 19.2. The Morgan fingerprint density at radius 1 is 1.11 bits per heavy atom. The largest absolute Gasteiger partial charge is 0.494 e. The third kappa shape index (κ3) is 4.48. The zero-order valence-corrected chi connectivity index (χ0v) is 16.3. The number of fused-ring (bicyclic) bond motifs is 1. The van der Waals surface area contributed by atoms with Crippen LogP contribution in [0.25, 0.3) is 5.65 Å². The Bertz CT molecular complexity index is 913. The minimum Gasteiger partial charge on any atom is -0.494 e. The number of benzene rings is 1. The molecule has 0 bridgehead atoms. The summed E-state index contributed by atoms with van der Waals surface area (Å²) in [6, 6.07) is 11.5. The molecule has 5 nitrogen and oxygen atoms in total. The number of nitrogens with zero attached hydrogens (tertiary/aromatic N) is 2. The van der Waals surface area contributed by atoms with Gasteiger partial charge in [0.25, 0.3) is 5.91 Å². The first-order valence-corrected chi connectivity index (χ1v) is 9.64. The van der Waals surface area contributed by atoms with E-state index in [1.54, 1.807) is 0 Å². The number of anilines is 1. The Kier molecular flexibility index (Phi) is 6.12. The number of unbranched alkanes of at least 4 members (excludes halogenated alkanes) is 1. The van der Waals surface area contributed by atoms with E-state index in [1.807, 2.05) is 53.9 Å². The number of imidazole rings is 1. The molecule has 0 aliphatic carbocycles. The lowest BCUT2D eigenvalue weighted by atomic mass is 10.2. The van der Waals surface area contributed by atoms with E-state index >= 15 is 0 Å². The molecular formula is C22H27N3O2. The summed E-state index contributed by atoms with van der Waals surface area (Å²) in [6.45, 7) is 6.95. The van der Waals surface area contributed by atoms with Gasteiger partial charge in [-0.15, -0.1) is 0 Å². The molecule has 0 atom stereocenters. The topological polar surface area (TPSA) is 55.6 Å². The van der Waals surface area contributed by atoms with Gasteiger partial charge in [0, 0.05) is 11.9 Å². The smallest absolute Gasteiger partial charge is 0.274 e. The van der Waals surface area contributed by atoms with Crippen LogP contribution in [0.2, 0.25) is 0 Å². The number of carbonyl (C=O) groups is 1. The van der Waals surface area contributed by atoms with E-state index < -0.39 is 0 Å². The average molecular weight is 365 g/mol. The Labute approximate surface area is 160 Å². The number of carbonyl (C=O) groups excluding carboxylic acids is 1. The highest BCUT2D eigenvalue weighted by Crippen LogP contribution is 2.20. The predicted molar refractivity (Wildman–Crippen MR) is 109 cm³/mol. The van der Waals surface area contributed by atoms with Gasteiger partial charge in [0.15, 0.2) is 0 Å². The summed E-state index contributed by atoms with van der Waals surface area (Å²) < 4.78 is 7.56. The number of pyridine rings is 1. The molecule has 1 amide bonds. The van der Waals surface area contributed by atoms with Gasteiger partial charge < -0.3 is 10.1 Å². The lowest BCUT2D eigenvalue weighted by molar-refractivity contribution is 0.102. The van der Waals surface area contributed by atoms with Crippen LogP contribution >= 0.6 is 0 Å². The van der Waals surface area contributed by atoms with Gasteiger partial charge in [-0.3, -0.25) is 9.20 Å². The zero-order valence-electron chi connectivity index (χ0n) is 16.3. The maximum Gasteiger partial charge on any atom is 0.274 e. The minimum atomic E-state index is -0.142. The monoisotopic (exact) mass is 365 g/mol. The van der Waals surface area contributed by atoms with Gasteiger partial charge >= 0.3 is 0 Å². The molecule has 142 valence electrons. The molecular weight excluding hydrogens is 338 g/mol. The Morgan fingerprint density at radius 3 is 2.59 bits per heavy atom. The van der Waals surface area contributed by atoms with Crippen molar-refractivity contribution in [3.05, 3.63) is 59.5 Å². The van der Waals surface area contributed by atoms with Crippen molar-refractivity contribution in [1.82, 2.24) is 9.38 Å². The van der Waals surface area contributed by atoms with E-state index in [9.17, 15) is 4.79 Å². The first-order chi connectivity index (χ1) is 13.1. The van der Waals surface area contributed by atoms with Gasteiger partial charge in [0.05, 0.1) is 12.3 Å². The molecule has 1 N–H and O–H groups in total. The van der Waals surface area contributed by atoms with Gasteiger partial charge in [0.2, 0.25) is 0 Å². The van der Waals surface area contributed by atoms with Crippen molar-refractivity contribution in [2.75, 3.05) is 11.9 Å². The molecule has 27 heavy (non-hydrogen) atoms. The van der Waals surface area contributed by atoms with Crippen molar-refractivity contribution >= 4 is 17.2 Å².